The monoisotopic (exact) mass is 315 g/mol. The molecule has 0 bridgehead atoms. The summed E-state index contributed by atoms with van der Waals surface area (Å²) in [5.74, 6) is 0.380. The van der Waals surface area contributed by atoms with Crippen LogP contribution in [0.15, 0.2) is 54.7 Å². The van der Waals surface area contributed by atoms with Crippen molar-refractivity contribution < 1.29 is 8.42 Å². The molecule has 0 spiro atoms. The van der Waals surface area contributed by atoms with Gasteiger partial charge in [-0.25, -0.2) is 8.42 Å². The van der Waals surface area contributed by atoms with E-state index in [0.717, 1.165) is 5.56 Å². The molecule has 0 saturated heterocycles. The molecule has 5 nitrogen and oxygen atoms in total. The minimum atomic E-state index is -3.29. The third kappa shape index (κ3) is 3.12. The lowest BCUT2D eigenvalue weighted by atomic mass is 10.0. The van der Waals surface area contributed by atoms with Crippen LogP contribution in [0.3, 0.4) is 0 Å². The van der Waals surface area contributed by atoms with Gasteiger partial charge in [-0.2, -0.15) is 5.10 Å². The third-order valence-corrected chi connectivity index (χ3v) is 4.77. The average molecular weight is 315 g/mol. The first-order valence-corrected chi connectivity index (χ1v) is 8.73. The molecule has 0 unspecified atom stereocenters. The summed E-state index contributed by atoms with van der Waals surface area (Å²) in [6.07, 6.45) is 1.77. The minimum Gasteiger partial charge on any atom is -0.266 e. The molecule has 114 valence electrons. The van der Waals surface area contributed by atoms with Gasteiger partial charge in [0.1, 0.15) is 0 Å². The summed E-state index contributed by atoms with van der Waals surface area (Å²) < 4.78 is 27.3. The molecule has 2 aromatic carbocycles. The highest BCUT2D eigenvalue weighted by Crippen LogP contribution is 2.19. The second-order valence-electron chi connectivity index (χ2n) is 5.04. The highest BCUT2D eigenvalue weighted by Gasteiger charge is 2.09. The van der Waals surface area contributed by atoms with E-state index >= 15 is 0 Å². The zero-order valence-electron chi connectivity index (χ0n) is 12.2. The molecule has 0 aliphatic heterocycles. The van der Waals surface area contributed by atoms with E-state index in [-0.39, 0.29) is 5.75 Å². The van der Waals surface area contributed by atoms with Gasteiger partial charge in [-0.05, 0) is 23.3 Å². The number of benzene rings is 2. The molecule has 0 aliphatic carbocycles. The Balaban J connectivity index is 1.86. The Morgan fingerprint density at radius 1 is 1.09 bits per heavy atom. The fraction of sp³-hybridized carbons (Fsp3) is 0.188. The lowest BCUT2D eigenvalue weighted by Gasteiger charge is -2.07. The standard InChI is InChI=1S/C16H17N3O2S/c1-2-22(20,21)18-16-10-11-19(17-16)12-14-8-5-7-13-6-3-4-9-15(13)14/h3-11H,2,12H2,1H3,(H,17,18). The Bertz CT molecular complexity index is 895. The molecule has 0 saturated carbocycles. The van der Waals surface area contributed by atoms with Gasteiger partial charge in [0, 0.05) is 12.3 Å². The Labute approximate surface area is 129 Å². The second kappa shape index (κ2) is 5.81. The number of nitrogens with zero attached hydrogens (tertiary/aromatic N) is 2. The van der Waals surface area contributed by atoms with Crippen LogP contribution in [0.5, 0.6) is 0 Å². The van der Waals surface area contributed by atoms with Gasteiger partial charge in [-0.3, -0.25) is 9.40 Å². The predicted molar refractivity (Wildman–Crippen MR) is 88.4 cm³/mol. The molecule has 0 amide bonds. The number of sulfonamides is 1. The summed E-state index contributed by atoms with van der Waals surface area (Å²) in [5, 5.41) is 6.63. The van der Waals surface area contributed by atoms with E-state index in [4.69, 9.17) is 0 Å². The van der Waals surface area contributed by atoms with Crippen LogP contribution < -0.4 is 4.72 Å². The Kier molecular flexibility index (Phi) is 3.85. The molecule has 0 atom stereocenters. The van der Waals surface area contributed by atoms with Gasteiger partial charge in [0.2, 0.25) is 10.0 Å². The topological polar surface area (TPSA) is 64.0 Å². The number of fused-ring (bicyclic) bond motifs is 1. The van der Waals surface area contributed by atoms with Crippen LogP contribution in [0.4, 0.5) is 5.82 Å². The van der Waals surface area contributed by atoms with Gasteiger partial charge in [-0.1, -0.05) is 42.5 Å². The maximum atomic E-state index is 11.6. The van der Waals surface area contributed by atoms with Gasteiger partial charge in [0.25, 0.3) is 0 Å². The zero-order chi connectivity index (χ0) is 15.6. The van der Waals surface area contributed by atoms with Gasteiger partial charge >= 0.3 is 0 Å². The van der Waals surface area contributed by atoms with Gasteiger partial charge in [-0.15, -0.1) is 0 Å². The van der Waals surface area contributed by atoms with Gasteiger partial charge in [0.15, 0.2) is 5.82 Å². The fourth-order valence-electron chi connectivity index (χ4n) is 2.34. The first-order valence-electron chi connectivity index (χ1n) is 7.08. The van der Waals surface area contributed by atoms with Crippen LogP contribution in [-0.2, 0) is 16.6 Å². The smallest absolute Gasteiger partial charge is 0.233 e. The van der Waals surface area contributed by atoms with Crippen molar-refractivity contribution in [1.29, 1.82) is 0 Å². The molecular weight excluding hydrogens is 298 g/mol. The minimum absolute atomic E-state index is 0.0309. The van der Waals surface area contributed by atoms with Crippen molar-refractivity contribution in [2.75, 3.05) is 10.5 Å². The summed E-state index contributed by atoms with van der Waals surface area (Å²) >= 11 is 0. The predicted octanol–water partition coefficient (Wildman–Crippen LogP) is 2.85. The molecule has 1 N–H and O–H groups in total. The van der Waals surface area contributed by atoms with E-state index in [1.54, 1.807) is 23.9 Å². The average Bonchev–Trinajstić information content (AvgIpc) is 2.94. The Morgan fingerprint density at radius 3 is 2.68 bits per heavy atom. The van der Waals surface area contributed by atoms with Crippen molar-refractivity contribution >= 4 is 26.6 Å². The molecule has 3 rings (SSSR count). The molecule has 22 heavy (non-hydrogen) atoms. The van der Waals surface area contributed by atoms with Crippen molar-refractivity contribution in [3.8, 4) is 0 Å². The molecule has 0 fully saturated rings. The van der Waals surface area contributed by atoms with Crippen LogP contribution >= 0.6 is 0 Å². The van der Waals surface area contributed by atoms with Crippen molar-refractivity contribution in [3.63, 3.8) is 0 Å². The summed E-state index contributed by atoms with van der Waals surface area (Å²) in [5.41, 5.74) is 1.14. The lowest BCUT2D eigenvalue weighted by molar-refractivity contribution is 0.602. The molecule has 6 heteroatoms. The molecule has 3 aromatic rings. The maximum absolute atomic E-state index is 11.6. The van der Waals surface area contributed by atoms with Crippen molar-refractivity contribution in [1.82, 2.24) is 9.78 Å². The van der Waals surface area contributed by atoms with Crippen LogP contribution in [0.25, 0.3) is 10.8 Å². The summed E-state index contributed by atoms with van der Waals surface area (Å²) in [6, 6.07) is 16.0. The zero-order valence-corrected chi connectivity index (χ0v) is 13.0. The van der Waals surface area contributed by atoms with E-state index in [9.17, 15) is 8.42 Å². The number of anilines is 1. The largest absolute Gasteiger partial charge is 0.266 e. The fourth-order valence-corrected chi connectivity index (χ4v) is 2.91. The normalized spacial score (nSPS) is 11.7. The third-order valence-electron chi connectivity index (χ3n) is 3.49. The Morgan fingerprint density at radius 2 is 1.86 bits per heavy atom. The van der Waals surface area contributed by atoms with E-state index in [2.05, 4.69) is 34.1 Å². The molecule has 1 heterocycles. The van der Waals surface area contributed by atoms with E-state index in [1.807, 2.05) is 18.2 Å². The summed E-state index contributed by atoms with van der Waals surface area (Å²) in [6.45, 7) is 2.19. The van der Waals surface area contributed by atoms with E-state index < -0.39 is 10.0 Å². The SMILES string of the molecule is CCS(=O)(=O)Nc1ccn(Cc2cccc3ccccc23)n1. The Hall–Kier alpha value is -2.34. The van der Waals surface area contributed by atoms with Crippen molar-refractivity contribution in [2.45, 2.75) is 13.5 Å². The van der Waals surface area contributed by atoms with E-state index in [1.165, 1.54) is 10.8 Å². The first-order chi connectivity index (χ1) is 10.6. The maximum Gasteiger partial charge on any atom is 0.233 e. The molecule has 0 radical (unpaired) electrons. The quantitative estimate of drug-likeness (QED) is 0.787. The van der Waals surface area contributed by atoms with Crippen LogP contribution in [0.2, 0.25) is 0 Å². The first kappa shape index (κ1) is 14.6. The highest BCUT2D eigenvalue weighted by atomic mass is 32.2. The number of nitrogens with one attached hydrogen (secondary N) is 1. The van der Waals surface area contributed by atoms with Crippen molar-refractivity contribution in [3.05, 3.63) is 60.3 Å². The van der Waals surface area contributed by atoms with E-state index in [0.29, 0.717) is 12.4 Å². The molecule has 1 aromatic heterocycles. The number of hydrogen-bond acceptors (Lipinski definition) is 3. The molecule has 0 aliphatic rings. The molecular formula is C16H17N3O2S. The summed E-state index contributed by atoms with van der Waals surface area (Å²) in [7, 11) is -3.29. The van der Waals surface area contributed by atoms with Crippen LogP contribution in [-0.4, -0.2) is 24.0 Å². The summed E-state index contributed by atoms with van der Waals surface area (Å²) in [4.78, 5) is 0. The number of hydrogen-bond donors (Lipinski definition) is 1. The lowest BCUT2D eigenvalue weighted by Crippen LogP contribution is -2.15. The van der Waals surface area contributed by atoms with Crippen LogP contribution in [0, 0.1) is 0 Å². The van der Waals surface area contributed by atoms with Crippen LogP contribution in [0.1, 0.15) is 12.5 Å². The highest BCUT2D eigenvalue weighted by molar-refractivity contribution is 7.92. The number of rotatable bonds is 5. The van der Waals surface area contributed by atoms with Gasteiger partial charge < -0.3 is 0 Å². The second-order valence-corrected chi connectivity index (χ2v) is 7.05. The van der Waals surface area contributed by atoms with Gasteiger partial charge in [0.05, 0.1) is 12.3 Å². The number of aromatic nitrogens is 2. The van der Waals surface area contributed by atoms with Crippen molar-refractivity contribution in [2.24, 2.45) is 0 Å².